The Labute approximate surface area is 720 Å². The maximum atomic E-state index is 6.25. The number of ether oxygens (including phenoxy) is 1. The van der Waals surface area contributed by atoms with Crippen LogP contribution in [0.15, 0.2) is 219 Å². The fourth-order valence-corrected chi connectivity index (χ4v) is 27.7. The molecular weight excluding hydrogens is 1530 g/mol. The Bertz CT molecular complexity index is 3680. The molecule has 4 atom stereocenters. The molecule has 9 nitrogen and oxygen atoms in total. The molecule has 8 aromatic carbocycles. The molecule has 15 rings (SSSR count). The molecule has 0 radical (unpaired) electrons. The van der Waals surface area contributed by atoms with Crippen LogP contribution in [0, 0.1) is 49.5 Å². The van der Waals surface area contributed by atoms with Crippen molar-refractivity contribution < 1.29 is 38.8 Å². The molecule has 628 valence electrons. The Balaban J connectivity index is 0.000000250. The summed E-state index contributed by atoms with van der Waals surface area (Å²) in [6.45, 7) is 16.0. The predicted molar refractivity (Wildman–Crippen MR) is 501 cm³/mol. The number of nitrogens with one attached hydrogen (secondary N) is 4. The number of benzene rings is 8. The number of rotatable bonds is 20. The number of nitrogens with zero attached hydrogens (tertiary/aromatic N) is 2. The number of nitrogens with two attached hydrogens (primary N) is 2. The standard InChI is InChI=1S/C28H39OP.C19H21N2.2C17H19P.C8H18N2.C6H14N2.C4H12N2.2CH3.ClH.Fe/c1-3-21-29-26-19-12-13-22(2)28(26)25-18-10-11-20-27(25)30(23-14-6-4-7-15-23)24-16-8-5-9-17-24;1-14-7-5-8-15(2)18(14)20-11-12-21(13-20)19-16(3)9-6-10-17(19)4;2*1-3-9-15(10-4-1)18(17-13-7-8-14-17)16-11-5-2-6-12-16;1-9-7-5-3-4-6-8(7)10-2;7-5-3-1-2-4-6(5)8;1-5-3-4-6-2;;;;/h10-13,18-20,23-24H,3-9,14-17,21H2,1-2H3;5-13H,1-4H3;2*1-6,9-12,17H,7-8,13-14H2;7-10H,3-6H2,1-2H3;5-6H,1-4,7-8H2;5-6H,3-4H2,1-2H3;2*1H3;1H;/q;+1;;;;;;2*-1;;+2/p-1. The van der Waals surface area contributed by atoms with Gasteiger partial charge in [0.25, 0.3) is 6.33 Å². The van der Waals surface area contributed by atoms with E-state index >= 15 is 0 Å². The van der Waals surface area contributed by atoms with Gasteiger partial charge >= 0.3 is 17.1 Å². The molecule has 6 saturated carbocycles. The second-order valence-corrected chi connectivity index (χ2v) is 39.6. The Kier molecular flexibility index (Phi) is 49.0. The first-order valence-corrected chi connectivity index (χ1v) is 47.4. The fraction of sp³-hybridized carbons (Fsp3) is 0.475. The van der Waals surface area contributed by atoms with E-state index in [-0.39, 0.29) is 80.2 Å². The second kappa shape index (κ2) is 56.2. The van der Waals surface area contributed by atoms with Gasteiger partial charge in [0.2, 0.25) is 0 Å². The van der Waals surface area contributed by atoms with Crippen LogP contribution in [0.25, 0.3) is 22.5 Å². The van der Waals surface area contributed by atoms with Crippen molar-refractivity contribution in [1.82, 2.24) is 25.8 Å². The van der Waals surface area contributed by atoms with E-state index in [1.807, 2.05) is 14.1 Å². The molecule has 1 heterocycles. The summed E-state index contributed by atoms with van der Waals surface area (Å²) in [7, 11) is 7.56. The van der Waals surface area contributed by atoms with E-state index in [1.54, 1.807) is 26.5 Å². The third-order valence-electron chi connectivity index (χ3n) is 23.6. The molecule has 0 spiro atoms. The summed E-state index contributed by atoms with van der Waals surface area (Å²) in [5, 5.41) is 20.6. The van der Waals surface area contributed by atoms with Gasteiger partial charge in [-0.25, -0.2) is 9.13 Å². The first-order valence-electron chi connectivity index (χ1n) is 43.1. The van der Waals surface area contributed by atoms with E-state index in [1.165, 1.54) is 204 Å². The number of hydrogen-bond donors (Lipinski definition) is 6. The van der Waals surface area contributed by atoms with Crippen molar-refractivity contribution in [3.05, 3.63) is 262 Å². The van der Waals surface area contributed by atoms with Gasteiger partial charge in [0.05, 0.1) is 6.61 Å². The van der Waals surface area contributed by atoms with E-state index in [4.69, 9.17) is 16.2 Å². The van der Waals surface area contributed by atoms with E-state index < -0.39 is 0 Å². The van der Waals surface area contributed by atoms with Crippen molar-refractivity contribution in [1.29, 1.82) is 0 Å². The summed E-state index contributed by atoms with van der Waals surface area (Å²) in [5.74, 6) is 1.08. The average Bonchev–Trinajstić information content (AvgIpc) is 1.56. The summed E-state index contributed by atoms with van der Waals surface area (Å²) in [4.78, 5) is 0. The number of likely N-dealkylation sites (N-methyl/N-ethyl adjacent to an activating group) is 4. The van der Waals surface area contributed by atoms with Crippen molar-refractivity contribution in [2.45, 2.75) is 262 Å². The van der Waals surface area contributed by atoms with Crippen LogP contribution in [0.5, 0.6) is 5.75 Å². The van der Waals surface area contributed by atoms with Crippen LogP contribution in [0.4, 0.5) is 0 Å². The number of imidazole rings is 1. The zero-order chi connectivity index (χ0) is 78.4. The van der Waals surface area contributed by atoms with E-state index in [0.29, 0.717) is 12.1 Å². The molecule has 0 bridgehead atoms. The van der Waals surface area contributed by atoms with Gasteiger partial charge in [0.1, 0.15) is 29.5 Å². The number of hydrogen-bond acceptors (Lipinski definition) is 7. The van der Waals surface area contributed by atoms with Gasteiger partial charge in [-0.05, 0) is 251 Å². The number of para-hydroxylation sites is 2. The normalized spacial score (nSPS) is 18.1. The van der Waals surface area contributed by atoms with Crippen molar-refractivity contribution in [2.24, 2.45) is 11.5 Å². The molecule has 6 aliphatic rings. The van der Waals surface area contributed by atoms with Crippen LogP contribution in [-0.2, 0) is 17.1 Å². The van der Waals surface area contributed by atoms with Gasteiger partial charge in [-0.1, -0.05) is 299 Å². The molecule has 6 fully saturated rings. The van der Waals surface area contributed by atoms with Crippen molar-refractivity contribution in [3.63, 3.8) is 0 Å². The van der Waals surface area contributed by atoms with Crippen LogP contribution in [0.1, 0.15) is 208 Å². The molecular formula is C101H148ClFeN8OP3. The molecule has 14 heteroatoms. The van der Waals surface area contributed by atoms with Crippen molar-refractivity contribution in [3.8, 4) is 28.3 Å². The zero-order valence-corrected chi connectivity index (χ0v) is 77.2. The smallest absolute Gasteiger partial charge is 1.00 e. The molecule has 0 aliphatic heterocycles. The number of aromatic nitrogens is 2. The Morgan fingerprint density at radius 3 is 1.15 bits per heavy atom. The van der Waals surface area contributed by atoms with Gasteiger partial charge in [-0.3, -0.25) is 0 Å². The molecule has 6 aliphatic carbocycles. The minimum Gasteiger partial charge on any atom is -1.00 e. The summed E-state index contributed by atoms with van der Waals surface area (Å²) in [5.41, 5.74) is 26.8. The van der Waals surface area contributed by atoms with E-state index in [9.17, 15) is 0 Å². The van der Waals surface area contributed by atoms with E-state index in [2.05, 4.69) is 305 Å². The number of aryl methyl sites for hydroxylation is 5. The van der Waals surface area contributed by atoms with Gasteiger partial charge in [-0.2, -0.15) is 0 Å². The Morgan fingerprint density at radius 1 is 0.409 bits per heavy atom. The first-order chi connectivity index (χ1) is 54.4. The maximum absolute atomic E-state index is 6.25. The molecule has 0 amide bonds. The molecule has 1 aromatic heterocycles. The molecule has 8 N–H and O–H groups in total. The Morgan fingerprint density at radius 2 is 0.757 bits per heavy atom. The molecule has 115 heavy (non-hydrogen) atoms. The average molecular weight is 1670 g/mol. The second-order valence-electron chi connectivity index (χ2n) is 31.9. The van der Waals surface area contributed by atoms with Crippen LogP contribution in [-0.4, -0.2) is 99.3 Å². The van der Waals surface area contributed by atoms with Crippen molar-refractivity contribution in [2.75, 3.05) is 47.9 Å². The predicted octanol–water partition coefficient (Wildman–Crippen LogP) is 18.6. The van der Waals surface area contributed by atoms with Crippen LogP contribution in [0.2, 0.25) is 0 Å². The molecule has 0 saturated heterocycles. The monoisotopic (exact) mass is 1670 g/mol. The quantitative estimate of drug-likeness (QED) is 0.0148. The summed E-state index contributed by atoms with van der Waals surface area (Å²) in [6.07, 6.45) is 43.5. The topological polar surface area (TPSA) is 118 Å². The van der Waals surface area contributed by atoms with E-state index in [0.717, 1.165) is 67.3 Å². The SMILES string of the molecule is CCCOc1cccc(C)c1-c1ccccc1P(C1CCCCC1)C1CCCCC1.CNC1CCCCC1NC.CNCCNC.Cc1cccc(C)c1-n1cc[n+](-c2c(C)cccc2C)c1.NC1CCCCC1N.[CH3-].[CH3-].[Cl-].[Fe+2].c1ccc(P(c2ccccc2)C2CCCC2)cc1.c1ccc(P(c2ccccc2)C2CCCC2)cc1. The summed E-state index contributed by atoms with van der Waals surface area (Å²) in [6, 6.07) is 75.3. The van der Waals surface area contributed by atoms with Crippen molar-refractivity contribution >= 4 is 50.3 Å². The van der Waals surface area contributed by atoms with Gasteiger partial charge < -0.3 is 64.7 Å². The largest absolute Gasteiger partial charge is 2.00 e. The van der Waals surface area contributed by atoms with Crippen LogP contribution >= 0.6 is 23.8 Å². The van der Waals surface area contributed by atoms with Gasteiger partial charge in [0.15, 0.2) is 0 Å². The third kappa shape index (κ3) is 31.0. The molecule has 4 unspecified atom stereocenters. The summed E-state index contributed by atoms with van der Waals surface area (Å²) >= 11 is 0. The number of halogens is 1. The molecule has 9 aromatic rings. The third-order valence-corrected chi connectivity index (χ3v) is 33.1. The minimum atomic E-state index is -0.152. The van der Waals surface area contributed by atoms with Gasteiger partial charge in [0, 0.05) is 42.8 Å². The fourth-order valence-electron chi connectivity index (χ4n) is 17.8. The minimum absolute atomic E-state index is 0. The maximum Gasteiger partial charge on any atom is 2.00 e. The zero-order valence-electron chi connectivity index (χ0n) is 72.6. The summed E-state index contributed by atoms with van der Waals surface area (Å²) < 4.78 is 10.7. The van der Waals surface area contributed by atoms with Crippen LogP contribution < -0.4 is 81.0 Å². The van der Waals surface area contributed by atoms with Gasteiger partial charge in [-0.15, -0.1) is 0 Å². The Hall–Kier alpha value is -5.37. The first kappa shape index (κ1) is 100. The van der Waals surface area contributed by atoms with Crippen LogP contribution in [0.3, 0.4) is 0 Å².